The molecule has 5 heteroatoms. The van der Waals surface area contributed by atoms with Crippen LogP contribution in [0.15, 0.2) is 35.2 Å². The van der Waals surface area contributed by atoms with Gasteiger partial charge >= 0.3 is 0 Å². The van der Waals surface area contributed by atoms with Gasteiger partial charge in [0.1, 0.15) is 0 Å². The van der Waals surface area contributed by atoms with Crippen molar-refractivity contribution in [3.63, 3.8) is 0 Å². The highest BCUT2D eigenvalue weighted by atomic mass is 79.9. The van der Waals surface area contributed by atoms with Crippen molar-refractivity contribution in [2.24, 2.45) is 0 Å². The van der Waals surface area contributed by atoms with Crippen LogP contribution >= 0.6 is 15.9 Å². The number of hydrogen-bond acceptors (Lipinski definition) is 2. The molecular formula is C11H14BrNO2S. The van der Waals surface area contributed by atoms with E-state index in [1.807, 2.05) is 6.07 Å². The Morgan fingerprint density at radius 3 is 2.62 bits per heavy atom. The summed E-state index contributed by atoms with van der Waals surface area (Å²) in [6.45, 7) is 0.632. The fourth-order valence-electron chi connectivity index (χ4n) is 2.01. The molecule has 0 radical (unpaired) electrons. The first kappa shape index (κ1) is 12.1. The molecule has 0 unspecified atom stereocenters. The lowest BCUT2D eigenvalue weighted by molar-refractivity contribution is 0.413. The van der Waals surface area contributed by atoms with Gasteiger partial charge in [0.05, 0.1) is 4.90 Å². The van der Waals surface area contributed by atoms with Crippen molar-refractivity contribution < 1.29 is 8.42 Å². The van der Waals surface area contributed by atoms with Crippen LogP contribution < -0.4 is 0 Å². The fourth-order valence-corrected chi connectivity index (χ4v) is 4.59. The molecule has 0 aromatic heterocycles. The monoisotopic (exact) mass is 303 g/mol. The predicted molar refractivity (Wildman–Crippen MR) is 67.1 cm³/mol. The van der Waals surface area contributed by atoms with E-state index in [0.717, 1.165) is 12.8 Å². The zero-order valence-electron chi connectivity index (χ0n) is 8.84. The average Bonchev–Trinajstić information content (AvgIpc) is 2.79. The van der Waals surface area contributed by atoms with Crippen LogP contribution in [0.3, 0.4) is 0 Å². The standard InChI is InChI=1S/C11H14BrNO2S/c12-9-10-5-4-8-13(10)16(14,15)11-6-2-1-3-7-11/h1-3,6-7,10H,4-5,8-9H2/t10-/m0/s1. The summed E-state index contributed by atoms with van der Waals surface area (Å²) in [5.74, 6) is 0. The molecule has 1 aromatic rings. The topological polar surface area (TPSA) is 37.4 Å². The zero-order valence-corrected chi connectivity index (χ0v) is 11.2. The van der Waals surface area contributed by atoms with Crippen LogP contribution in [0.5, 0.6) is 0 Å². The Hall–Kier alpha value is -0.390. The minimum absolute atomic E-state index is 0.102. The summed E-state index contributed by atoms with van der Waals surface area (Å²) in [5, 5.41) is 0.707. The van der Waals surface area contributed by atoms with E-state index in [2.05, 4.69) is 15.9 Å². The molecule has 16 heavy (non-hydrogen) atoms. The predicted octanol–water partition coefficient (Wildman–Crippen LogP) is 2.23. The zero-order chi connectivity index (χ0) is 11.6. The van der Waals surface area contributed by atoms with Crippen LogP contribution in [0.2, 0.25) is 0 Å². The molecule has 0 N–H and O–H groups in total. The second kappa shape index (κ2) is 4.85. The van der Waals surface area contributed by atoms with Crippen LogP contribution in [0.4, 0.5) is 0 Å². The first-order chi connectivity index (χ1) is 7.66. The van der Waals surface area contributed by atoms with Gasteiger partial charge in [-0.2, -0.15) is 4.31 Å². The second-order valence-corrected chi connectivity index (χ2v) is 6.42. The van der Waals surface area contributed by atoms with E-state index >= 15 is 0 Å². The Balaban J connectivity index is 2.33. The van der Waals surface area contributed by atoms with E-state index in [9.17, 15) is 8.42 Å². The van der Waals surface area contributed by atoms with Gasteiger partial charge in [-0.25, -0.2) is 8.42 Å². The molecule has 0 aliphatic carbocycles. The second-order valence-electron chi connectivity index (χ2n) is 3.88. The SMILES string of the molecule is O=S(=O)(c1ccccc1)N1CCC[C@H]1CBr. The van der Waals surface area contributed by atoms with Crippen molar-refractivity contribution in [3.05, 3.63) is 30.3 Å². The highest BCUT2D eigenvalue weighted by Crippen LogP contribution is 2.26. The number of alkyl halides is 1. The Morgan fingerprint density at radius 1 is 1.31 bits per heavy atom. The number of sulfonamides is 1. The van der Waals surface area contributed by atoms with Crippen molar-refractivity contribution in [2.45, 2.75) is 23.8 Å². The number of halogens is 1. The summed E-state index contributed by atoms with van der Waals surface area (Å²) in [5.41, 5.74) is 0. The summed E-state index contributed by atoms with van der Waals surface area (Å²) in [6.07, 6.45) is 1.89. The lowest BCUT2D eigenvalue weighted by atomic mass is 10.3. The number of benzene rings is 1. The smallest absolute Gasteiger partial charge is 0.207 e. The van der Waals surface area contributed by atoms with Crippen LogP contribution in [0, 0.1) is 0 Å². The van der Waals surface area contributed by atoms with Crippen LogP contribution in [-0.4, -0.2) is 30.6 Å². The molecule has 1 fully saturated rings. The van der Waals surface area contributed by atoms with Gasteiger partial charge in [0, 0.05) is 17.9 Å². The van der Waals surface area contributed by atoms with Gasteiger partial charge in [-0.05, 0) is 25.0 Å². The molecule has 0 saturated carbocycles. The summed E-state index contributed by atoms with van der Waals surface area (Å²) >= 11 is 3.38. The van der Waals surface area contributed by atoms with Crippen LogP contribution in [0.1, 0.15) is 12.8 Å². The van der Waals surface area contributed by atoms with Gasteiger partial charge in [-0.1, -0.05) is 34.1 Å². The van der Waals surface area contributed by atoms with Gasteiger partial charge in [-0.15, -0.1) is 0 Å². The Morgan fingerprint density at radius 2 is 2.00 bits per heavy atom. The molecule has 0 spiro atoms. The van der Waals surface area contributed by atoms with Gasteiger partial charge in [0.2, 0.25) is 10.0 Å². The van der Waals surface area contributed by atoms with Crippen molar-refractivity contribution in [2.75, 3.05) is 11.9 Å². The maximum atomic E-state index is 12.3. The van der Waals surface area contributed by atoms with Crippen LogP contribution in [-0.2, 0) is 10.0 Å². The molecule has 1 heterocycles. The van der Waals surface area contributed by atoms with Crippen molar-refractivity contribution in [1.82, 2.24) is 4.31 Å². The highest BCUT2D eigenvalue weighted by Gasteiger charge is 2.34. The minimum Gasteiger partial charge on any atom is -0.207 e. The van der Waals surface area contributed by atoms with Gasteiger partial charge < -0.3 is 0 Å². The largest absolute Gasteiger partial charge is 0.243 e. The van der Waals surface area contributed by atoms with E-state index < -0.39 is 10.0 Å². The highest BCUT2D eigenvalue weighted by molar-refractivity contribution is 9.09. The molecule has 1 aromatic carbocycles. The molecule has 1 aliphatic rings. The third kappa shape index (κ3) is 2.17. The molecule has 1 saturated heterocycles. The number of hydrogen-bond donors (Lipinski definition) is 0. The van der Waals surface area contributed by atoms with Gasteiger partial charge in [-0.3, -0.25) is 0 Å². The number of rotatable bonds is 3. The van der Waals surface area contributed by atoms with E-state index in [0.29, 0.717) is 16.8 Å². The lowest BCUT2D eigenvalue weighted by Gasteiger charge is -2.22. The fraction of sp³-hybridized carbons (Fsp3) is 0.455. The molecule has 88 valence electrons. The third-order valence-electron chi connectivity index (χ3n) is 2.85. The average molecular weight is 304 g/mol. The molecule has 1 aliphatic heterocycles. The quantitative estimate of drug-likeness (QED) is 0.803. The number of nitrogens with zero attached hydrogens (tertiary/aromatic N) is 1. The summed E-state index contributed by atoms with van der Waals surface area (Å²) in [6, 6.07) is 8.74. The Bertz CT molecular complexity index is 446. The van der Waals surface area contributed by atoms with Gasteiger partial charge in [0.15, 0.2) is 0 Å². The summed E-state index contributed by atoms with van der Waals surface area (Å²) in [4.78, 5) is 0.392. The van der Waals surface area contributed by atoms with Crippen molar-refractivity contribution in [3.8, 4) is 0 Å². The summed E-state index contributed by atoms with van der Waals surface area (Å²) in [7, 11) is -3.30. The normalized spacial score (nSPS) is 22.4. The molecule has 3 nitrogen and oxygen atoms in total. The maximum absolute atomic E-state index is 12.3. The van der Waals surface area contributed by atoms with Crippen LogP contribution in [0.25, 0.3) is 0 Å². The molecule has 0 bridgehead atoms. The van der Waals surface area contributed by atoms with E-state index in [1.54, 1.807) is 28.6 Å². The molecule has 1 atom stereocenters. The molecule has 0 amide bonds. The first-order valence-corrected chi connectivity index (χ1v) is 7.85. The molecular weight excluding hydrogens is 290 g/mol. The minimum atomic E-state index is -3.30. The third-order valence-corrected chi connectivity index (χ3v) is 5.56. The van der Waals surface area contributed by atoms with E-state index in [1.165, 1.54) is 0 Å². The lowest BCUT2D eigenvalue weighted by Crippen LogP contribution is -2.36. The first-order valence-electron chi connectivity index (χ1n) is 5.29. The van der Waals surface area contributed by atoms with Gasteiger partial charge in [0.25, 0.3) is 0 Å². The Kier molecular flexibility index (Phi) is 3.66. The van der Waals surface area contributed by atoms with E-state index in [4.69, 9.17) is 0 Å². The Labute approximate surface area is 105 Å². The van der Waals surface area contributed by atoms with Crippen molar-refractivity contribution in [1.29, 1.82) is 0 Å². The summed E-state index contributed by atoms with van der Waals surface area (Å²) < 4.78 is 26.2. The maximum Gasteiger partial charge on any atom is 0.243 e. The van der Waals surface area contributed by atoms with E-state index in [-0.39, 0.29) is 6.04 Å². The molecule has 2 rings (SSSR count). The van der Waals surface area contributed by atoms with Crippen molar-refractivity contribution >= 4 is 26.0 Å².